The number of allylic oxidation sites excluding steroid dienone is 1. The highest BCUT2D eigenvalue weighted by Crippen LogP contribution is 2.23. The van der Waals surface area contributed by atoms with E-state index in [2.05, 4.69) is 5.43 Å². The molecule has 0 unspecified atom stereocenters. The summed E-state index contributed by atoms with van der Waals surface area (Å²) >= 11 is 0.852. The van der Waals surface area contributed by atoms with Crippen LogP contribution in [0.25, 0.3) is 0 Å². The summed E-state index contributed by atoms with van der Waals surface area (Å²) in [7, 11) is 0. The first-order valence-electron chi connectivity index (χ1n) is 2.36. The van der Waals surface area contributed by atoms with E-state index in [1.807, 2.05) is 0 Å². The lowest BCUT2D eigenvalue weighted by Gasteiger charge is -2.15. The Hall–Kier alpha value is -0.520. The zero-order chi connectivity index (χ0) is 6.85. The molecule has 1 aliphatic heterocycles. The predicted molar refractivity (Wildman–Crippen MR) is 34.7 cm³/mol. The highest BCUT2D eigenvalue weighted by atomic mass is 32.2. The van der Waals surface area contributed by atoms with E-state index < -0.39 is 0 Å². The summed E-state index contributed by atoms with van der Waals surface area (Å²) in [6.45, 7) is 1.71. The van der Waals surface area contributed by atoms with Crippen LogP contribution in [0.2, 0.25) is 0 Å². The molecule has 1 heterocycles. The number of carbonyl (C=O) groups excluding carboxylic acids is 1. The van der Waals surface area contributed by atoms with Crippen LogP contribution in [0.1, 0.15) is 6.92 Å². The Balaban J connectivity index is 2.70. The molecule has 0 spiro atoms. The van der Waals surface area contributed by atoms with E-state index >= 15 is 0 Å². The predicted octanol–water partition coefficient (Wildman–Crippen LogP) is 0.383. The summed E-state index contributed by atoms with van der Waals surface area (Å²) in [5.74, 6) is -0.322. The van der Waals surface area contributed by atoms with Crippen LogP contribution in [0.5, 0.6) is 0 Å². The van der Waals surface area contributed by atoms with Gasteiger partial charge in [0.25, 0.3) is 5.91 Å². The smallest absolute Gasteiger partial charge is 0.272 e. The van der Waals surface area contributed by atoms with Gasteiger partial charge in [-0.15, -0.1) is 0 Å². The zero-order valence-corrected chi connectivity index (χ0v) is 5.57. The molecule has 0 atom stereocenters. The van der Waals surface area contributed by atoms with Crippen LogP contribution in [0, 0.1) is 5.21 Å². The van der Waals surface area contributed by atoms with E-state index in [4.69, 9.17) is 0 Å². The monoisotopic (exact) mass is 145 g/mol. The molecule has 1 N–H and O–H groups in total. The van der Waals surface area contributed by atoms with E-state index in [1.165, 1.54) is 0 Å². The van der Waals surface area contributed by atoms with Crippen molar-refractivity contribution in [2.45, 2.75) is 6.92 Å². The van der Waals surface area contributed by atoms with E-state index in [0.29, 0.717) is 9.48 Å². The summed E-state index contributed by atoms with van der Waals surface area (Å²) in [4.78, 5) is 11.0. The first-order valence-corrected chi connectivity index (χ1v) is 3.14. The molecule has 1 aliphatic rings. The summed E-state index contributed by atoms with van der Waals surface area (Å²) < 4.78 is 0.428. The third-order valence-corrected chi connectivity index (χ3v) is 1.73. The molecular weight excluding hydrogens is 140 g/mol. The number of carbonyl (C=O) groups is 1. The average Bonchev–Trinajstić information content (AvgIpc) is 2.10. The maximum Gasteiger partial charge on any atom is 0.272 e. The number of hydrogen-bond donors (Lipinski definition) is 1. The van der Waals surface area contributed by atoms with Crippen LogP contribution in [0.4, 0.5) is 0 Å². The summed E-state index contributed by atoms with van der Waals surface area (Å²) in [6.07, 6.45) is 1.60. The van der Waals surface area contributed by atoms with Crippen molar-refractivity contribution in [3.63, 3.8) is 0 Å². The first kappa shape index (κ1) is 6.60. The summed E-state index contributed by atoms with van der Waals surface area (Å²) in [6, 6.07) is 0. The van der Waals surface area contributed by atoms with Gasteiger partial charge in [-0.2, -0.15) is 0 Å². The van der Waals surface area contributed by atoms with Gasteiger partial charge in [-0.25, -0.2) is 4.58 Å². The minimum atomic E-state index is -0.322. The van der Waals surface area contributed by atoms with Crippen molar-refractivity contribution < 1.29 is 4.79 Å². The summed E-state index contributed by atoms with van der Waals surface area (Å²) in [5.41, 5.74) is 2.05. The van der Waals surface area contributed by atoms with E-state index in [1.54, 1.807) is 13.0 Å². The highest BCUT2D eigenvalue weighted by molar-refractivity contribution is 8.02. The lowest BCUT2D eigenvalue weighted by atomic mass is 10.5. The molecule has 1 amide bonds. The van der Waals surface area contributed by atoms with Gasteiger partial charge in [-0.1, -0.05) is 6.08 Å². The van der Waals surface area contributed by atoms with Crippen LogP contribution in [0.3, 0.4) is 0 Å². The standard InChI is InChI=1S/C4H5N2O2S/c1-2-3-4(7)5-6(8)9-3/h2H,1H3,(H,5,7)/q-1/b3-2+. The van der Waals surface area contributed by atoms with Gasteiger partial charge in [0.05, 0.1) is 4.91 Å². The molecule has 5 heteroatoms. The molecule has 9 heavy (non-hydrogen) atoms. The maximum atomic E-state index is 10.6. The highest BCUT2D eigenvalue weighted by Gasteiger charge is 2.17. The van der Waals surface area contributed by atoms with Crippen molar-refractivity contribution in [2.24, 2.45) is 0 Å². The van der Waals surface area contributed by atoms with Crippen LogP contribution in [-0.2, 0) is 4.79 Å². The molecule has 0 aliphatic carbocycles. The van der Waals surface area contributed by atoms with Gasteiger partial charge < -0.3 is 5.21 Å². The minimum Gasteiger partial charge on any atom is -0.757 e. The van der Waals surface area contributed by atoms with Crippen molar-refractivity contribution in [3.05, 3.63) is 16.2 Å². The van der Waals surface area contributed by atoms with Gasteiger partial charge in [0.1, 0.15) is 0 Å². The van der Waals surface area contributed by atoms with Crippen LogP contribution in [-0.4, -0.2) is 10.5 Å². The Kier molecular flexibility index (Phi) is 1.75. The number of rotatable bonds is 0. The van der Waals surface area contributed by atoms with Crippen molar-refractivity contribution >= 4 is 17.9 Å². The molecule has 0 aromatic heterocycles. The number of hydrogen-bond acceptors (Lipinski definition) is 4. The Morgan fingerprint density at radius 2 is 2.56 bits per heavy atom. The first-order chi connectivity index (χ1) is 4.24. The molecule has 0 saturated carbocycles. The maximum absolute atomic E-state index is 10.6. The van der Waals surface area contributed by atoms with Gasteiger partial charge in [-0.3, -0.25) is 10.2 Å². The van der Waals surface area contributed by atoms with Crippen molar-refractivity contribution in [3.8, 4) is 0 Å². The second kappa shape index (κ2) is 2.38. The fourth-order valence-electron chi connectivity index (χ4n) is 0.475. The molecule has 1 rings (SSSR count). The molecule has 1 fully saturated rings. The zero-order valence-electron chi connectivity index (χ0n) is 4.75. The minimum absolute atomic E-state index is 0.322. The quantitative estimate of drug-likeness (QED) is 0.395. The Labute approximate surface area is 56.6 Å². The van der Waals surface area contributed by atoms with E-state index in [0.717, 1.165) is 11.9 Å². The SMILES string of the molecule is C/C=C1/SN([O-])NC1=O. The van der Waals surface area contributed by atoms with Gasteiger partial charge in [0, 0.05) is 0 Å². The molecule has 0 aromatic carbocycles. The Morgan fingerprint density at radius 3 is 2.78 bits per heavy atom. The molecule has 0 aromatic rings. The van der Waals surface area contributed by atoms with E-state index in [9.17, 15) is 10.0 Å². The molecule has 1 saturated heterocycles. The topological polar surface area (TPSA) is 55.4 Å². The molecule has 0 radical (unpaired) electrons. The largest absolute Gasteiger partial charge is 0.757 e. The average molecular weight is 145 g/mol. The number of nitrogens with zero attached hydrogens (tertiary/aromatic N) is 1. The second-order valence-electron chi connectivity index (χ2n) is 1.44. The third-order valence-electron chi connectivity index (χ3n) is 0.860. The molecule has 4 nitrogen and oxygen atoms in total. The van der Waals surface area contributed by atoms with Gasteiger partial charge >= 0.3 is 0 Å². The van der Waals surface area contributed by atoms with Gasteiger partial charge in [0.2, 0.25) is 0 Å². The van der Waals surface area contributed by atoms with Crippen molar-refractivity contribution in [1.82, 2.24) is 10.0 Å². The lowest BCUT2D eigenvalue weighted by Crippen LogP contribution is -2.24. The van der Waals surface area contributed by atoms with Gasteiger partial charge in [-0.05, 0) is 18.9 Å². The van der Waals surface area contributed by atoms with Gasteiger partial charge in [0.15, 0.2) is 0 Å². The molecule has 0 bridgehead atoms. The number of hydrazine groups is 1. The molecule has 50 valence electrons. The number of nitrogens with one attached hydrogen (secondary N) is 1. The van der Waals surface area contributed by atoms with E-state index in [-0.39, 0.29) is 5.91 Å². The van der Waals surface area contributed by atoms with Crippen molar-refractivity contribution in [1.29, 1.82) is 0 Å². The summed E-state index contributed by atoms with van der Waals surface area (Å²) in [5, 5.41) is 10.3. The fourth-order valence-corrected chi connectivity index (χ4v) is 1.02. The molecular formula is C4H5N2O2S-. The van der Waals surface area contributed by atoms with Crippen LogP contribution < -0.4 is 5.43 Å². The second-order valence-corrected chi connectivity index (χ2v) is 2.40. The Morgan fingerprint density at radius 1 is 1.89 bits per heavy atom. The van der Waals surface area contributed by atoms with Crippen molar-refractivity contribution in [2.75, 3.05) is 0 Å². The van der Waals surface area contributed by atoms with Crippen LogP contribution in [0.15, 0.2) is 11.0 Å². The fraction of sp³-hybridized carbons (Fsp3) is 0.250. The normalized spacial score (nSPS) is 25.1. The Bertz CT molecular complexity index is 168. The number of amides is 1. The third kappa shape index (κ3) is 1.24. The van der Waals surface area contributed by atoms with Crippen LogP contribution >= 0.6 is 11.9 Å². The lowest BCUT2D eigenvalue weighted by molar-refractivity contribution is -0.118.